The van der Waals surface area contributed by atoms with Gasteiger partial charge in [-0.1, -0.05) is 12.1 Å². The van der Waals surface area contributed by atoms with Crippen LogP contribution in [0.1, 0.15) is 18.2 Å². The summed E-state index contributed by atoms with van der Waals surface area (Å²) in [4.78, 5) is 23.0. The SMILES string of the molecule is CCOC(=O)/C(O)=C/C(=O)/C=C/c1cccn1Cc1cccc(F)c1F. The molecule has 7 heteroatoms. The van der Waals surface area contributed by atoms with Crippen LogP contribution in [0.25, 0.3) is 6.08 Å². The fourth-order valence-electron chi connectivity index (χ4n) is 2.19. The smallest absolute Gasteiger partial charge is 0.373 e. The van der Waals surface area contributed by atoms with Crippen LogP contribution in [0.3, 0.4) is 0 Å². The van der Waals surface area contributed by atoms with Crippen LogP contribution in [0.4, 0.5) is 8.78 Å². The van der Waals surface area contributed by atoms with E-state index >= 15 is 0 Å². The lowest BCUT2D eigenvalue weighted by molar-refractivity contribution is -0.141. The quantitative estimate of drug-likeness (QED) is 0.466. The molecule has 1 aromatic heterocycles. The third kappa shape index (κ3) is 4.89. The van der Waals surface area contributed by atoms with Crippen molar-refractivity contribution in [2.24, 2.45) is 0 Å². The van der Waals surface area contributed by atoms with Crippen LogP contribution in [0.15, 0.2) is 54.4 Å². The summed E-state index contributed by atoms with van der Waals surface area (Å²) in [6.45, 7) is 1.72. The maximum Gasteiger partial charge on any atom is 0.373 e. The number of hydrogen-bond acceptors (Lipinski definition) is 4. The third-order valence-corrected chi connectivity index (χ3v) is 3.42. The second-order valence-electron chi connectivity index (χ2n) is 5.26. The first-order valence-electron chi connectivity index (χ1n) is 7.80. The number of hydrogen-bond donors (Lipinski definition) is 1. The van der Waals surface area contributed by atoms with Crippen molar-refractivity contribution in [1.82, 2.24) is 4.57 Å². The number of esters is 1. The lowest BCUT2D eigenvalue weighted by Crippen LogP contribution is -2.08. The Kier molecular flexibility index (Phi) is 6.43. The van der Waals surface area contributed by atoms with Crippen molar-refractivity contribution in [2.45, 2.75) is 13.5 Å². The molecule has 0 aliphatic heterocycles. The van der Waals surface area contributed by atoms with Crippen LogP contribution in [0.2, 0.25) is 0 Å². The largest absolute Gasteiger partial charge is 0.502 e. The highest BCUT2D eigenvalue weighted by atomic mass is 19.2. The maximum absolute atomic E-state index is 13.8. The van der Waals surface area contributed by atoms with Gasteiger partial charge < -0.3 is 14.4 Å². The first kappa shape index (κ1) is 19.1. The zero-order chi connectivity index (χ0) is 19.1. The number of allylic oxidation sites excluding steroid dienone is 2. The number of benzene rings is 1. The van der Waals surface area contributed by atoms with Crippen LogP contribution >= 0.6 is 0 Å². The Morgan fingerprint density at radius 2 is 2.00 bits per heavy atom. The molecular weight excluding hydrogens is 344 g/mol. The lowest BCUT2D eigenvalue weighted by atomic mass is 10.2. The third-order valence-electron chi connectivity index (χ3n) is 3.42. The summed E-state index contributed by atoms with van der Waals surface area (Å²) in [5.74, 6) is -4.26. The zero-order valence-electron chi connectivity index (χ0n) is 14.0. The van der Waals surface area contributed by atoms with Crippen LogP contribution in [0.5, 0.6) is 0 Å². The first-order chi connectivity index (χ1) is 12.4. The van der Waals surface area contributed by atoms with Crippen LogP contribution in [-0.2, 0) is 20.9 Å². The van der Waals surface area contributed by atoms with E-state index in [2.05, 4.69) is 4.74 Å². The summed E-state index contributed by atoms with van der Waals surface area (Å²) in [7, 11) is 0. The minimum atomic E-state index is -0.987. The van der Waals surface area contributed by atoms with Crippen molar-refractivity contribution in [3.05, 3.63) is 77.3 Å². The van der Waals surface area contributed by atoms with Gasteiger partial charge in [-0.3, -0.25) is 4.79 Å². The van der Waals surface area contributed by atoms with Crippen molar-refractivity contribution >= 4 is 17.8 Å². The molecule has 136 valence electrons. The Hall–Kier alpha value is -3.22. The number of aliphatic hydroxyl groups is 1. The van der Waals surface area contributed by atoms with E-state index in [0.29, 0.717) is 5.69 Å². The summed E-state index contributed by atoms with van der Waals surface area (Å²) in [6.07, 6.45) is 4.98. The van der Waals surface area contributed by atoms with Gasteiger partial charge in [0.1, 0.15) is 0 Å². The molecule has 0 fully saturated rings. The Bertz CT molecular complexity index is 868. The van der Waals surface area contributed by atoms with E-state index in [0.717, 1.165) is 18.2 Å². The molecule has 0 aliphatic carbocycles. The molecule has 0 aliphatic rings. The molecule has 1 N–H and O–H groups in total. The predicted octanol–water partition coefficient (Wildman–Crippen LogP) is 3.40. The molecule has 0 atom stereocenters. The molecule has 0 spiro atoms. The van der Waals surface area contributed by atoms with Gasteiger partial charge in [0.25, 0.3) is 0 Å². The van der Waals surface area contributed by atoms with E-state index in [1.54, 1.807) is 29.8 Å². The average Bonchev–Trinajstić information content (AvgIpc) is 3.04. The molecule has 2 aromatic rings. The maximum atomic E-state index is 13.8. The van der Waals surface area contributed by atoms with Crippen LogP contribution in [-0.4, -0.2) is 28.0 Å². The number of ether oxygens (including phenoxy) is 1. The molecule has 0 amide bonds. The molecular formula is C19H17F2NO4. The second-order valence-corrected chi connectivity index (χ2v) is 5.26. The van der Waals surface area contributed by atoms with Crippen molar-refractivity contribution in [3.63, 3.8) is 0 Å². The second kappa shape index (κ2) is 8.75. The summed E-state index contributed by atoms with van der Waals surface area (Å²) >= 11 is 0. The number of nitrogens with zero attached hydrogens (tertiary/aromatic N) is 1. The topological polar surface area (TPSA) is 68.5 Å². The van der Waals surface area contributed by atoms with Crippen molar-refractivity contribution < 1.29 is 28.2 Å². The standard InChI is InChI=1S/C19H17F2NO4/c1-2-26-19(25)17(24)11-15(23)9-8-14-6-4-10-22(14)12-13-5-3-7-16(20)18(13)21/h3-11,24H,2,12H2,1H3/b9-8+,17-11-. The van der Waals surface area contributed by atoms with E-state index in [-0.39, 0.29) is 18.7 Å². The predicted molar refractivity (Wildman–Crippen MR) is 91.3 cm³/mol. The molecule has 2 rings (SSSR count). The monoisotopic (exact) mass is 361 g/mol. The van der Waals surface area contributed by atoms with Gasteiger partial charge in [0.15, 0.2) is 17.4 Å². The highest BCUT2D eigenvalue weighted by molar-refractivity contribution is 6.05. The number of ketones is 1. The molecule has 0 saturated carbocycles. The summed E-state index contributed by atoms with van der Waals surface area (Å²) in [5, 5.41) is 9.43. The first-order valence-corrected chi connectivity index (χ1v) is 7.80. The van der Waals surface area contributed by atoms with Crippen LogP contribution < -0.4 is 0 Å². The number of aliphatic hydroxyl groups excluding tert-OH is 1. The minimum Gasteiger partial charge on any atom is -0.502 e. The van der Waals surface area contributed by atoms with E-state index in [9.17, 15) is 23.5 Å². The highest BCUT2D eigenvalue weighted by Crippen LogP contribution is 2.15. The molecule has 0 radical (unpaired) electrons. The van der Waals surface area contributed by atoms with E-state index in [1.165, 1.54) is 18.2 Å². The molecule has 1 aromatic carbocycles. The normalized spacial score (nSPS) is 11.7. The summed E-state index contributed by atoms with van der Waals surface area (Å²) < 4.78 is 33.3. The summed E-state index contributed by atoms with van der Waals surface area (Å²) in [5.41, 5.74) is 0.730. The van der Waals surface area contributed by atoms with Crippen molar-refractivity contribution in [3.8, 4) is 0 Å². The van der Waals surface area contributed by atoms with Gasteiger partial charge in [-0.25, -0.2) is 13.6 Å². The Balaban J connectivity index is 2.12. The molecule has 0 unspecified atom stereocenters. The van der Waals surface area contributed by atoms with Crippen molar-refractivity contribution in [1.29, 1.82) is 0 Å². The van der Waals surface area contributed by atoms with Gasteiger partial charge in [-0.15, -0.1) is 0 Å². The number of carbonyl (C=O) groups excluding carboxylic acids is 2. The molecule has 0 saturated heterocycles. The van der Waals surface area contributed by atoms with Gasteiger partial charge in [0, 0.05) is 23.5 Å². The average molecular weight is 361 g/mol. The molecule has 0 bridgehead atoms. The fourth-order valence-corrected chi connectivity index (χ4v) is 2.19. The van der Waals surface area contributed by atoms with Gasteiger partial charge in [0.2, 0.25) is 5.76 Å². The number of carbonyl (C=O) groups is 2. The Morgan fingerprint density at radius 3 is 2.73 bits per heavy atom. The molecule has 5 nitrogen and oxygen atoms in total. The van der Waals surface area contributed by atoms with Gasteiger partial charge in [-0.05, 0) is 37.3 Å². The molecule has 1 heterocycles. The number of aromatic nitrogens is 1. The fraction of sp³-hybridized carbons (Fsp3) is 0.158. The van der Waals surface area contributed by atoms with E-state index in [1.807, 2.05) is 0 Å². The summed E-state index contributed by atoms with van der Waals surface area (Å²) in [6, 6.07) is 7.29. The van der Waals surface area contributed by atoms with Crippen LogP contribution in [0, 0.1) is 11.6 Å². The Morgan fingerprint density at radius 1 is 1.23 bits per heavy atom. The van der Waals surface area contributed by atoms with Crippen molar-refractivity contribution in [2.75, 3.05) is 6.61 Å². The van der Waals surface area contributed by atoms with Gasteiger partial charge in [0.05, 0.1) is 13.2 Å². The zero-order valence-corrected chi connectivity index (χ0v) is 14.0. The molecule has 26 heavy (non-hydrogen) atoms. The van der Waals surface area contributed by atoms with E-state index < -0.39 is 29.1 Å². The number of halogens is 2. The van der Waals surface area contributed by atoms with Gasteiger partial charge >= 0.3 is 5.97 Å². The lowest BCUT2D eigenvalue weighted by Gasteiger charge is -2.08. The van der Waals surface area contributed by atoms with Gasteiger partial charge in [-0.2, -0.15) is 0 Å². The van der Waals surface area contributed by atoms with E-state index in [4.69, 9.17) is 0 Å². The Labute approximate surface area is 148 Å². The number of rotatable bonds is 7. The minimum absolute atomic E-state index is 0.0743. The highest BCUT2D eigenvalue weighted by Gasteiger charge is 2.10.